The number of aliphatic hydroxyl groups is 1. The van der Waals surface area contributed by atoms with E-state index in [9.17, 15) is 14.7 Å². The van der Waals surface area contributed by atoms with E-state index in [0.29, 0.717) is 35.9 Å². The van der Waals surface area contributed by atoms with Gasteiger partial charge in [0.15, 0.2) is 0 Å². The van der Waals surface area contributed by atoms with Crippen LogP contribution in [0.25, 0.3) is 0 Å². The molecule has 4 heterocycles. The highest BCUT2D eigenvalue weighted by Crippen LogP contribution is 2.48. The van der Waals surface area contributed by atoms with Crippen molar-refractivity contribution in [2.45, 2.75) is 43.3 Å². The number of aliphatic hydroxyl groups excluding tert-OH is 1. The summed E-state index contributed by atoms with van der Waals surface area (Å²) in [6, 6.07) is 15.0. The van der Waals surface area contributed by atoms with E-state index in [0.717, 1.165) is 30.0 Å². The second-order valence-electron chi connectivity index (χ2n) is 10.00. The van der Waals surface area contributed by atoms with Crippen molar-refractivity contribution in [1.82, 2.24) is 21.3 Å². The van der Waals surface area contributed by atoms with Gasteiger partial charge in [-0.05, 0) is 62.2 Å². The maximum absolute atomic E-state index is 13.5. The number of carbonyl (C=O) groups excluding carboxylic acids is 2. The first kappa shape index (κ1) is 24.3. The molecule has 9 nitrogen and oxygen atoms in total. The lowest BCUT2D eigenvalue weighted by Gasteiger charge is -2.46. The van der Waals surface area contributed by atoms with E-state index in [2.05, 4.69) is 21.3 Å². The zero-order valence-corrected chi connectivity index (χ0v) is 21.4. The number of urea groups is 1. The molecule has 37 heavy (non-hydrogen) atoms. The summed E-state index contributed by atoms with van der Waals surface area (Å²) < 4.78 is 5.98. The molecule has 0 saturated carbocycles. The summed E-state index contributed by atoms with van der Waals surface area (Å²) >= 11 is 1.49. The second kappa shape index (κ2) is 10.0. The molecule has 2 aromatic rings. The SMILES string of the molecule is Cc1cc(Oc2ccccc2)ccc1N1C(=O)NC2=C(C(=O)N[C@H]3CNC[C@H](O)C3)SC3NCCC1C23. The van der Waals surface area contributed by atoms with Crippen molar-refractivity contribution in [2.24, 2.45) is 5.92 Å². The highest BCUT2D eigenvalue weighted by Gasteiger charge is 2.52. The summed E-state index contributed by atoms with van der Waals surface area (Å²) in [6.07, 6.45) is 0.828. The highest BCUT2D eigenvalue weighted by molar-refractivity contribution is 8.04. The fourth-order valence-corrected chi connectivity index (χ4v) is 7.17. The number of hydrogen-bond acceptors (Lipinski definition) is 7. The average Bonchev–Trinajstić information content (AvgIpc) is 3.25. The zero-order valence-electron chi connectivity index (χ0n) is 20.6. The van der Waals surface area contributed by atoms with Gasteiger partial charge >= 0.3 is 6.03 Å². The van der Waals surface area contributed by atoms with E-state index >= 15 is 0 Å². The van der Waals surface area contributed by atoms with Crippen LogP contribution >= 0.6 is 11.8 Å². The molecule has 5 atom stereocenters. The van der Waals surface area contributed by atoms with Gasteiger partial charge in [0, 0.05) is 36.4 Å². The number of amides is 3. The topological polar surface area (TPSA) is 115 Å². The minimum atomic E-state index is -0.475. The van der Waals surface area contributed by atoms with Crippen molar-refractivity contribution in [3.05, 3.63) is 64.7 Å². The molecular weight excluding hydrogens is 490 g/mol. The van der Waals surface area contributed by atoms with Crippen LogP contribution in [0.5, 0.6) is 11.5 Å². The van der Waals surface area contributed by atoms with Gasteiger partial charge in [0.25, 0.3) is 5.91 Å². The van der Waals surface area contributed by atoms with E-state index in [4.69, 9.17) is 4.74 Å². The van der Waals surface area contributed by atoms with E-state index in [1.54, 1.807) is 0 Å². The van der Waals surface area contributed by atoms with Crippen LogP contribution in [0.4, 0.5) is 10.5 Å². The average molecular weight is 522 g/mol. The maximum atomic E-state index is 13.5. The van der Waals surface area contributed by atoms with Crippen molar-refractivity contribution in [3.63, 3.8) is 0 Å². The van der Waals surface area contributed by atoms with Crippen LogP contribution in [0.2, 0.25) is 0 Å². The predicted molar refractivity (Wildman–Crippen MR) is 142 cm³/mol. The molecule has 3 unspecified atom stereocenters. The molecule has 3 saturated heterocycles. The molecule has 3 fully saturated rings. The van der Waals surface area contributed by atoms with Gasteiger partial charge in [0.2, 0.25) is 0 Å². The van der Waals surface area contributed by atoms with Gasteiger partial charge in [0.05, 0.1) is 22.4 Å². The lowest BCUT2D eigenvalue weighted by Crippen LogP contribution is -2.62. The van der Waals surface area contributed by atoms with Crippen molar-refractivity contribution in [1.29, 1.82) is 0 Å². The Kier molecular flexibility index (Phi) is 6.58. The molecule has 4 aliphatic heterocycles. The Bertz CT molecular complexity index is 1240. The number of aryl methyl sites for hydroxylation is 1. The first-order valence-electron chi connectivity index (χ1n) is 12.8. The number of hydrogen-bond donors (Lipinski definition) is 5. The molecule has 0 bridgehead atoms. The number of anilines is 1. The largest absolute Gasteiger partial charge is 0.457 e. The fraction of sp³-hybridized carbons (Fsp3) is 0.407. The third-order valence-corrected chi connectivity index (χ3v) is 8.77. The van der Waals surface area contributed by atoms with Crippen molar-refractivity contribution < 1.29 is 19.4 Å². The molecule has 6 rings (SSSR count). The number of β-amino-alcohol motifs (C(OH)–C–C–N with tert-alkyl or cyclic N) is 1. The number of piperidine rings is 2. The van der Waals surface area contributed by atoms with Gasteiger partial charge < -0.3 is 31.1 Å². The van der Waals surface area contributed by atoms with Crippen LogP contribution < -0.4 is 30.9 Å². The number of carbonyl (C=O) groups is 2. The van der Waals surface area contributed by atoms with Gasteiger partial charge in [-0.1, -0.05) is 30.0 Å². The molecular formula is C27H31N5O4S. The van der Waals surface area contributed by atoms with Crippen LogP contribution in [0.1, 0.15) is 18.4 Å². The number of benzene rings is 2. The quantitative estimate of drug-likeness (QED) is 0.411. The normalized spacial score (nSPS) is 29.0. The lowest BCUT2D eigenvalue weighted by atomic mass is 9.86. The van der Waals surface area contributed by atoms with E-state index in [-0.39, 0.29) is 35.3 Å². The molecule has 10 heteroatoms. The van der Waals surface area contributed by atoms with Gasteiger partial charge in [-0.25, -0.2) is 4.79 Å². The summed E-state index contributed by atoms with van der Waals surface area (Å²) in [4.78, 5) is 29.2. The minimum absolute atomic E-state index is 0.00802. The minimum Gasteiger partial charge on any atom is -0.457 e. The van der Waals surface area contributed by atoms with Gasteiger partial charge in [0.1, 0.15) is 11.5 Å². The first-order chi connectivity index (χ1) is 18.0. The summed E-state index contributed by atoms with van der Waals surface area (Å²) in [5.74, 6) is 1.26. The van der Waals surface area contributed by atoms with Gasteiger partial charge in [-0.15, -0.1) is 0 Å². The van der Waals surface area contributed by atoms with Gasteiger partial charge in [-0.3, -0.25) is 9.69 Å². The van der Waals surface area contributed by atoms with Gasteiger partial charge in [-0.2, -0.15) is 0 Å². The molecule has 0 spiro atoms. The van der Waals surface area contributed by atoms with E-state index in [1.807, 2.05) is 60.4 Å². The molecule has 0 aromatic heterocycles. The maximum Gasteiger partial charge on any atom is 0.326 e. The van der Waals surface area contributed by atoms with Crippen LogP contribution in [0, 0.1) is 12.8 Å². The Balaban J connectivity index is 1.24. The molecule has 4 aliphatic rings. The van der Waals surface area contributed by atoms with Crippen molar-refractivity contribution >= 4 is 29.4 Å². The Morgan fingerprint density at radius 1 is 1.16 bits per heavy atom. The van der Waals surface area contributed by atoms with Crippen LogP contribution in [-0.2, 0) is 4.79 Å². The predicted octanol–water partition coefficient (Wildman–Crippen LogP) is 2.42. The Morgan fingerprint density at radius 3 is 2.78 bits per heavy atom. The number of para-hydroxylation sites is 1. The molecule has 0 aliphatic carbocycles. The molecule has 194 valence electrons. The highest BCUT2D eigenvalue weighted by atomic mass is 32.2. The van der Waals surface area contributed by atoms with Crippen LogP contribution in [-0.4, -0.2) is 60.2 Å². The van der Waals surface area contributed by atoms with Crippen molar-refractivity contribution in [3.8, 4) is 11.5 Å². The Labute approximate surface area is 220 Å². The standard InChI is InChI=1S/C27H31N5O4S/c1-15-11-19(36-18-5-3-2-4-6-18)7-8-20(15)32-21-9-10-29-26-22(21)23(31-27(32)35)24(37-26)25(34)30-16-12-17(33)14-28-13-16/h2-8,11,16-17,21-22,26,28-29,33H,9-10,12-14H2,1H3,(H,30,34)(H,31,35)/t16-,17-,21?,22?,26?/m1/s1. The molecule has 3 amide bonds. The molecule has 2 aromatic carbocycles. The summed E-state index contributed by atoms with van der Waals surface area (Å²) in [7, 11) is 0. The van der Waals surface area contributed by atoms with E-state index in [1.165, 1.54) is 11.8 Å². The fourth-order valence-electron chi connectivity index (χ4n) is 5.77. The summed E-state index contributed by atoms with van der Waals surface area (Å²) in [5, 5.41) is 22.7. The summed E-state index contributed by atoms with van der Waals surface area (Å²) in [6.45, 7) is 3.90. The first-order valence-corrected chi connectivity index (χ1v) is 13.6. The number of ether oxygens (including phenoxy) is 1. The van der Waals surface area contributed by atoms with E-state index < -0.39 is 6.10 Å². The third-order valence-electron chi connectivity index (χ3n) is 7.42. The Hall–Kier alpha value is -3.05. The lowest BCUT2D eigenvalue weighted by molar-refractivity contribution is -0.117. The number of rotatable bonds is 5. The van der Waals surface area contributed by atoms with Crippen molar-refractivity contribution in [2.75, 3.05) is 24.5 Å². The number of thioether (sulfide) groups is 1. The summed E-state index contributed by atoms with van der Waals surface area (Å²) in [5.41, 5.74) is 2.49. The smallest absolute Gasteiger partial charge is 0.326 e. The molecule has 0 radical (unpaired) electrons. The molecule has 5 N–H and O–H groups in total. The second-order valence-corrected chi connectivity index (χ2v) is 11.2. The van der Waals surface area contributed by atoms with Crippen LogP contribution in [0.15, 0.2) is 59.1 Å². The Morgan fingerprint density at radius 2 is 2.00 bits per heavy atom. The third kappa shape index (κ3) is 4.70. The number of nitrogens with zero attached hydrogens (tertiary/aromatic N) is 1. The zero-order chi connectivity index (χ0) is 25.5. The number of nitrogens with one attached hydrogen (secondary N) is 4. The monoisotopic (exact) mass is 521 g/mol. The van der Waals surface area contributed by atoms with Crippen LogP contribution in [0.3, 0.4) is 0 Å².